The number of nitrogens with one attached hydrogen (secondary N) is 1. The lowest BCUT2D eigenvalue weighted by molar-refractivity contribution is -0.146. The molecule has 1 rings (SSSR count). The second-order valence-electron chi connectivity index (χ2n) is 5.48. The molecule has 0 spiro atoms. The Morgan fingerprint density at radius 2 is 2.20 bits per heavy atom. The van der Waals surface area contributed by atoms with E-state index in [4.69, 9.17) is 14.2 Å². The topological polar surface area (TPSA) is 56.8 Å². The van der Waals surface area contributed by atoms with Crippen molar-refractivity contribution in [2.24, 2.45) is 0 Å². The number of hydrogen-bond donors (Lipinski definition) is 1. The summed E-state index contributed by atoms with van der Waals surface area (Å²) in [6, 6.07) is -0.0479. The third kappa shape index (κ3) is 7.22. The first-order chi connectivity index (χ1) is 9.63. The summed E-state index contributed by atoms with van der Waals surface area (Å²) in [4.78, 5) is 11.8. The molecule has 118 valence electrons. The summed E-state index contributed by atoms with van der Waals surface area (Å²) in [6.45, 7) is 8.27. The van der Waals surface area contributed by atoms with Crippen LogP contribution in [0.5, 0.6) is 0 Å². The minimum atomic E-state index is -0.290. The fraction of sp³-hybridized carbons (Fsp3) is 0.933. The van der Waals surface area contributed by atoms with Gasteiger partial charge in [0.15, 0.2) is 0 Å². The molecule has 1 N–H and O–H groups in total. The van der Waals surface area contributed by atoms with E-state index >= 15 is 0 Å². The Labute approximate surface area is 122 Å². The highest BCUT2D eigenvalue weighted by molar-refractivity contribution is 5.75. The van der Waals surface area contributed by atoms with Gasteiger partial charge in [0.25, 0.3) is 0 Å². The van der Waals surface area contributed by atoms with Gasteiger partial charge in [0.2, 0.25) is 0 Å². The first-order valence-electron chi connectivity index (χ1n) is 7.75. The van der Waals surface area contributed by atoms with Gasteiger partial charge in [-0.15, -0.1) is 0 Å². The molecule has 0 amide bonds. The van der Waals surface area contributed by atoms with Crippen molar-refractivity contribution in [2.75, 3.05) is 26.4 Å². The second kappa shape index (κ2) is 10.1. The fourth-order valence-corrected chi connectivity index (χ4v) is 2.27. The fourth-order valence-electron chi connectivity index (χ4n) is 2.27. The normalized spacial score (nSPS) is 20.9. The van der Waals surface area contributed by atoms with E-state index in [1.54, 1.807) is 0 Å². The number of carbonyl (C=O) groups is 1. The first-order valence-corrected chi connectivity index (χ1v) is 7.75. The summed E-state index contributed by atoms with van der Waals surface area (Å²) >= 11 is 0. The molecular weight excluding hydrogens is 258 g/mol. The van der Waals surface area contributed by atoms with Crippen molar-refractivity contribution < 1.29 is 19.0 Å². The zero-order valence-corrected chi connectivity index (χ0v) is 13.0. The summed E-state index contributed by atoms with van der Waals surface area (Å²) < 4.78 is 16.3. The molecule has 2 atom stereocenters. The van der Waals surface area contributed by atoms with Crippen molar-refractivity contribution in [3.63, 3.8) is 0 Å². The lowest BCUT2D eigenvalue weighted by Gasteiger charge is -2.23. The standard InChI is InChI=1S/C15H29NO4/c1-4-19-15(17)14(16-12(2)3)8-10-18-11-13-7-5-6-9-20-13/h12-14,16H,4-11H2,1-3H3. The van der Waals surface area contributed by atoms with Gasteiger partial charge in [-0.3, -0.25) is 4.79 Å². The average molecular weight is 287 g/mol. The van der Waals surface area contributed by atoms with E-state index in [2.05, 4.69) is 5.32 Å². The van der Waals surface area contributed by atoms with Crippen LogP contribution in [0.3, 0.4) is 0 Å². The van der Waals surface area contributed by atoms with E-state index in [1.165, 1.54) is 6.42 Å². The molecule has 0 aromatic heterocycles. The van der Waals surface area contributed by atoms with Crippen molar-refractivity contribution in [3.05, 3.63) is 0 Å². The Balaban J connectivity index is 2.21. The second-order valence-corrected chi connectivity index (χ2v) is 5.48. The maximum Gasteiger partial charge on any atom is 0.323 e. The van der Waals surface area contributed by atoms with Crippen molar-refractivity contribution in [1.82, 2.24) is 5.32 Å². The molecule has 1 aliphatic rings. The van der Waals surface area contributed by atoms with Gasteiger partial charge in [0.1, 0.15) is 6.04 Å². The van der Waals surface area contributed by atoms with Crippen LogP contribution in [-0.4, -0.2) is 50.6 Å². The van der Waals surface area contributed by atoms with E-state index < -0.39 is 0 Å². The van der Waals surface area contributed by atoms with Crippen LogP contribution in [0.1, 0.15) is 46.5 Å². The Morgan fingerprint density at radius 1 is 1.40 bits per heavy atom. The Bertz CT molecular complexity index is 265. The molecular formula is C15H29NO4. The van der Waals surface area contributed by atoms with Crippen LogP contribution < -0.4 is 5.32 Å². The predicted octanol–water partition coefficient (Wildman–Crippen LogP) is 1.89. The highest BCUT2D eigenvalue weighted by atomic mass is 16.5. The molecule has 0 aromatic rings. The monoisotopic (exact) mass is 287 g/mol. The Morgan fingerprint density at radius 3 is 2.80 bits per heavy atom. The molecule has 0 saturated carbocycles. The number of esters is 1. The van der Waals surface area contributed by atoms with E-state index in [0.717, 1.165) is 19.4 Å². The molecule has 0 radical (unpaired) electrons. The molecule has 0 bridgehead atoms. The largest absolute Gasteiger partial charge is 0.465 e. The molecule has 5 nitrogen and oxygen atoms in total. The van der Waals surface area contributed by atoms with Crippen molar-refractivity contribution in [2.45, 2.75) is 64.6 Å². The molecule has 0 aromatic carbocycles. The average Bonchev–Trinajstić information content (AvgIpc) is 2.43. The highest BCUT2D eigenvalue weighted by Crippen LogP contribution is 2.12. The van der Waals surface area contributed by atoms with E-state index in [-0.39, 0.29) is 24.2 Å². The zero-order chi connectivity index (χ0) is 14.8. The van der Waals surface area contributed by atoms with E-state index in [1.807, 2.05) is 20.8 Å². The molecule has 1 heterocycles. The predicted molar refractivity (Wildman–Crippen MR) is 77.7 cm³/mol. The Kier molecular flexibility index (Phi) is 8.82. The van der Waals surface area contributed by atoms with Crippen LogP contribution in [0.25, 0.3) is 0 Å². The molecule has 20 heavy (non-hydrogen) atoms. The van der Waals surface area contributed by atoms with Gasteiger partial charge >= 0.3 is 5.97 Å². The maximum atomic E-state index is 11.8. The first kappa shape index (κ1) is 17.4. The lowest BCUT2D eigenvalue weighted by atomic mass is 10.1. The molecule has 1 saturated heterocycles. The van der Waals surface area contributed by atoms with Gasteiger partial charge < -0.3 is 19.5 Å². The minimum absolute atomic E-state index is 0.196. The summed E-state index contributed by atoms with van der Waals surface area (Å²) in [6.07, 6.45) is 4.30. The van der Waals surface area contributed by atoms with Crippen molar-refractivity contribution in [3.8, 4) is 0 Å². The molecule has 5 heteroatoms. The summed E-state index contributed by atoms with van der Waals surface area (Å²) in [7, 11) is 0. The van der Waals surface area contributed by atoms with Crippen LogP contribution in [0, 0.1) is 0 Å². The number of carbonyl (C=O) groups excluding carboxylic acids is 1. The summed E-state index contributed by atoms with van der Waals surface area (Å²) in [5, 5.41) is 3.22. The van der Waals surface area contributed by atoms with Gasteiger partial charge in [-0.1, -0.05) is 13.8 Å². The van der Waals surface area contributed by atoms with E-state index in [9.17, 15) is 4.79 Å². The Hall–Kier alpha value is -0.650. The zero-order valence-electron chi connectivity index (χ0n) is 13.0. The van der Waals surface area contributed by atoms with Gasteiger partial charge in [-0.05, 0) is 32.6 Å². The quantitative estimate of drug-likeness (QED) is 0.518. The van der Waals surface area contributed by atoms with Crippen LogP contribution >= 0.6 is 0 Å². The van der Waals surface area contributed by atoms with Gasteiger partial charge in [-0.2, -0.15) is 0 Å². The maximum absolute atomic E-state index is 11.8. The third-order valence-corrected chi connectivity index (χ3v) is 3.23. The number of rotatable bonds is 9. The van der Waals surface area contributed by atoms with E-state index in [0.29, 0.717) is 26.2 Å². The summed E-state index contributed by atoms with van der Waals surface area (Å²) in [5.74, 6) is -0.196. The molecule has 0 aliphatic carbocycles. The molecule has 1 fully saturated rings. The van der Waals surface area contributed by atoms with Crippen molar-refractivity contribution >= 4 is 5.97 Å². The van der Waals surface area contributed by atoms with Gasteiger partial charge in [0.05, 0.1) is 19.3 Å². The highest BCUT2D eigenvalue weighted by Gasteiger charge is 2.20. The smallest absolute Gasteiger partial charge is 0.323 e. The molecule has 2 unspecified atom stereocenters. The number of hydrogen-bond acceptors (Lipinski definition) is 5. The summed E-state index contributed by atoms with van der Waals surface area (Å²) in [5.41, 5.74) is 0. The lowest BCUT2D eigenvalue weighted by Crippen LogP contribution is -2.42. The molecule has 1 aliphatic heterocycles. The van der Waals surface area contributed by atoms with Crippen LogP contribution in [-0.2, 0) is 19.0 Å². The minimum Gasteiger partial charge on any atom is -0.465 e. The van der Waals surface area contributed by atoms with Gasteiger partial charge in [0, 0.05) is 19.3 Å². The van der Waals surface area contributed by atoms with Crippen LogP contribution in [0.2, 0.25) is 0 Å². The van der Waals surface area contributed by atoms with Crippen LogP contribution in [0.4, 0.5) is 0 Å². The van der Waals surface area contributed by atoms with Crippen LogP contribution in [0.15, 0.2) is 0 Å². The van der Waals surface area contributed by atoms with Crippen molar-refractivity contribution in [1.29, 1.82) is 0 Å². The third-order valence-electron chi connectivity index (χ3n) is 3.23. The SMILES string of the molecule is CCOC(=O)C(CCOCC1CCCCO1)NC(C)C. The van der Waals surface area contributed by atoms with Gasteiger partial charge in [-0.25, -0.2) is 0 Å². The number of ether oxygens (including phenoxy) is 3.